The molecule has 2 aromatic heterocycles. The van der Waals surface area contributed by atoms with E-state index in [1.807, 2.05) is 24.9 Å². The topological polar surface area (TPSA) is 58.5 Å². The van der Waals surface area contributed by atoms with E-state index in [1.54, 1.807) is 0 Å². The highest BCUT2D eigenvalue weighted by Crippen LogP contribution is 2.24. The van der Waals surface area contributed by atoms with Crippen LogP contribution in [0.15, 0.2) is 6.20 Å². The Labute approximate surface area is 101 Å². The molecule has 0 aliphatic rings. The first-order valence-corrected chi connectivity index (χ1v) is 5.88. The van der Waals surface area contributed by atoms with E-state index in [9.17, 15) is 0 Å². The van der Waals surface area contributed by atoms with Crippen molar-refractivity contribution in [3.8, 4) is 11.3 Å². The summed E-state index contributed by atoms with van der Waals surface area (Å²) in [6.45, 7) is 7.89. The lowest BCUT2D eigenvalue weighted by molar-refractivity contribution is 0.698. The van der Waals surface area contributed by atoms with Gasteiger partial charge in [-0.05, 0) is 20.4 Å². The molecule has 0 amide bonds. The van der Waals surface area contributed by atoms with Crippen LogP contribution in [0.4, 0.5) is 0 Å². The molecule has 2 N–H and O–H groups in total. The highest BCUT2D eigenvalue weighted by atomic mass is 15.3. The molecule has 5 nitrogen and oxygen atoms in total. The molecular weight excluding hydrogens is 214 g/mol. The summed E-state index contributed by atoms with van der Waals surface area (Å²) in [5, 5.41) is 7.66. The Morgan fingerprint density at radius 1 is 1.41 bits per heavy atom. The van der Waals surface area contributed by atoms with Crippen LogP contribution in [-0.4, -0.2) is 26.3 Å². The fraction of sp³-hybridized carbons (Fsp3) is 0.500. The number of nitrogens with one attached hydrogen (secondary N) is 2. The Hall–Kier alpha value is -1.62. The Bertz CT molecular complexity index is 509. The molecule has 0 saturated carbocycles. The molecule has 0 fully saturated rings. The maximum absolute atomic E-state index is 4.41. The highest BCUT2D eigenvalue weighted by Gasteiger charge is 2.13. The first-order chi connectivity index (χ1) is 8.13. The van der Waals surface area contributed by atoms with E-state index in [4.69, 9.17) is 0 Å². The summed E-state index contributed by atoms with van der Waals surface area (Å²) < 4.78 is 1.90. The maximum Gasteiger partial charge on any atom is 0.120 e. The molecule has 0 bridgehead atoms. The Kier molecular flexibility index (Phi) is 3.28. The van der Waals surface area contributed by atoms with Crippen molar-refractivity contribution < 1.29 is 0 Å². The second-order valence-corrected chi connectivity index (χ2v) is 4.19. The van der Waals surface area contributed by atoms with Gasteiger partial charge in [0.05, 0.1) is 24.1 Å². The third-order valence-corrected chi connectivity index (χ3v) is 2.95. The van der Waals surface area contributed by atoms with Gasteiger partial charge in [0.15, 0.2) is 0 Å². The molecule has 0 aliphatic carbocycles. The SMILES string of the molecule is CCNCc1ncc(-c2c(C)nn(C)c2C)[nH]1. The van der Waals surface area contributed by atoms with Gasteiger partial charge in [-0.2, -0.15) is 5.10 Å². The zero-order chi connectivity index (χ0) is 12.4. The third kappa shape index (κ3) is 2.24. The van der Waals surface area contributed by atoms with Crippen molar-refractivity contribution in [3.05, 3.63) is 23.4 Å². The minimum atomic E-state index is 0.773. The summed E-state index contributed by atoms with van der Waals surface area (Å²) in [6.07, 6.45) is 1.88. The quantitative estimate of drug-likeness (QED) is 0.842. The van der Waals surface area contributed by atoms with E-state index >= 15 is 0 Å². The van der Waals surface area contributed by atoms with Crippen LogP contribution in [0.2, 0.25) is 0 Å². The number of aromatic amines is 1. The van der Waals surface area contributed by atoms with Crippen molar-refractivity contribution in [2.24, 2.45) is 7.05 Å². The van der Waals surface area contributed by atoms with Gasteiger partial charge in [0.25, 0.3) is 0 Å². The molecule has 92 valence electrons. The molecule has 17 heavy (non-hydrogen) atoms. The molecule has 2 rings (SSSR count). The van der Waals surface area contributed by atoms with Gasteiger partial charge in [-0.25, -0.2) is 4.98 Å². The van der Waals surface area contributed by atoms with Gasteiger partial charge in [0, 0.05) is 18.3 Å². The molecule has 0 spiro atoms. The Morgan fingerprint density at radius 3 is 2.76 bits per heavy atom. The van der Waals surface area contributed by atoms with Crippen LogP contribution in [0.25, 0.3) is 11.3 Å². The minimum Gasteiger partial charge on any atom is -0.341 e. The van der Waals surface area contributed by atoms with Crippen LogP contribution in [0.5, 0.6) is 0 Å². The van der Waals surface area contributed by atoms with Gasteiger partial charge in [0.1, 0.15) is 5.82 Å². The van der Waals surface area contributed by atoms with E-state index in [0.29, 0.717) is 0 Å². The summed E-state index contributed by atoms with van der Waals surface area (Å²) in [5.74, 6) is 0.963. The van der Waals surface area contributed by atoms with Crippen LogP contribution < -0.4 is 5.32 Å². The van der Waals surface area contributed by atoms with E-state index in [0.717, 1.165) is 41.6 Å². The normalized spacial score (nSPS) is 11.1. The molecule has 5 heteroatoms. The summed E-state index contributed by atoms with van der Waals surface area (Å²) >= 11 is 0. The summed E-state index contributed by atoms with van der Waals surface area (Å²) in [5.41, 5.74) is 4.38. The van der Waals surface area contributed by atoms with Gasteiger partial charge < -0.3 is 10.3 Å². The number of aryl methyl sites for hydroxylation is 2. The zero-order valence-corrected chi connectivity index (χ0v) is 10.8. The number of nitrogens with zero attached hydrogens (tertiary/aromatic N) is 3. The predicted octanol–water partition coefficient (Wildman–Crippen LogP) is 1.54. The van der Waals surface area contributed by atoms with Crippen molar-refractivity contribution in [2.45, 2.75) is 27.3 Å². The van der Waals surface area contributed by atoms with Crippen LogP contribution in [0.1, 0.15) is 24.1 Å². The van der Waals surface area contributed by atoms with Crippen LogP contribution in [-0.2, 0) is 13.6 Å². The van der Waals surface area contributed by atoms with Gasteiger partial charge in [-0.1, -0.05) is 6.92 Å². The first kappa shape index (κ1) is 11.9. The van der Waals surface area contributed by atoms with Gasteiger partial charge in [0.2, 0.25) is 0 Å². The summed E-state index contributed by atoms with van der Waals surface area (Å²) in [4.78, 5) is 7.70. The fourth-order valence-electron chi connectivity index (χ4n) is 1.99. The number of hydrogen-bond donors (Lipinski definition) is 2. The second kappa shape index (κ2) is 4.71. The van der Waals surface area contributed by atoms with Crippen molar-refractivity contribution in [3.63, 3.8) is 0 Å². The molecule has 2 aromatic rings. The molecule has 0 aromatic carbocycles. The number of H-pyrrole nitrogens is 1. The minimum absolute atomic E-state index is 0.773. The average Bonchev–Trinajstić information content (AvgIpc) is 2.83. The molecule has 0 radical (unpaired) electrons. The third-order valence-electron chi connectivity index (χ3n) is 2.95. The van der Waals surface area contributed by atoms with E-state index in [-0.39, 0.29) is 0 Å². The number of aromatic nitrogens is 4. The number of rotatable bonds is 4. The van der Waals surface area contributed by atoms with Crippen molar-refractivity contribution in [1.29, 1.82) is 0 Å². The second-order valence-electron chi connectivity index (χ2n) is 4.19. The zero-order valence-electron chi connectivity index (χ0n) is 10.8. The van der Waals surface area contributed by atoms with E-state index in [1.165, 1.54) is 0 Å². The number of hydrogen-bond acceptors (Lipinski definition) is 3. The van der Waals surface area contributed by atoms with Crippen LogP contribution in [0.3, 0.4) is 0 Å². The standard InChI is InChI=1S/C12H19N5/c1-5-13-7-11-14-6-10(15-11)12-8(2)16-17(4)9(12)3/h6,13H,5,7H2,1-4H3,(H,14,15). The van der Waals surface area contributed by atoms with E-state index in [2.05, 4.69) is 34.2 Å². The van der Waals surface area contributed by atoms with Gasteiger partial charge in [-0.3, -0.25) is 4.68 Å². The molecule has 0 aliphatic heterocycles. The highest BCUT2D eigenvalue weighted by molar-refractivity contribution is 5.64. The predicted molar refractivity (Wildman–Crippen MR) is 67.6 cm³/mol. The molecule has 2 heterocycles. The van der Waals surface area contributed by atoms with Crippen molar-refractivity contribution >= 4 is 0 Å². The average molecular weight is 233 g/mol. The largest absolute Gasteiger partial charge is 0.341 e. The first-order valence-electron chi connectivity index (χ1n) is 5.88. The van der Waals surface area contributed by atoms with Crippen molar-refractivity contribution in [2.75, 3.05) is 6.54 Å². The van der Waals surface area contributed by atoms with Crippen LogP contribution in [0, 0.1) is 13.8 Å². The smallest absolute Gasteiger partial charge is 0.120 e. The van der Waals surface area contributed by atoms with E-state index < -0.39 is 0 Å². The van der Waals surface area contributed by atoms with Crippen LogP contribution >= 0.6 is 0 Å². The number of imidazole rings is 1. The molecular formula is C12H19N5. The lowest BCUT2D eigenvalue weighted by Gasteiger charge is -1.99. The lowest BCUT2D eigenvalue weighted by Crippen LogP contribution is -2.12. The molecule has 0 atom stereocenters. The lowest BCUT2D eigenvalue weighted by atomic mass is 10.1. The van der Waals surface area contributed by atoms with Gasteiger partial charge in [-0.15, -0.1) is 0 Å². The summed E-state index contributed by atoms with van der Waals surface area (Å²) in [6, 6.07) is 0. The monoisotopic (exact) mass is 233 g/mol. The molecule has 0 saturated heterocycles. The summed E-state index contributed by atoms with van der Waals surface area (Å²) in [7, 11) is 1.96. The molecule has 0 unspecified atom stereocenters. The fourth-order valence-corrected chi connectivity index (χ4v) is 1.99. The Balaban J connectivity index is 2.30. The van der Waals surface area contributed by atoms with Crippen molar-refractivity contribution in [1.82, 2.24) is 25.1 Å². The maximum atomic E-state index is 4.41. The van der Waals surface area contributed by atoms with Gasteiger partial charge >= 0.3 is 0 Å². The Morgan fingerprint density at radius 2 is 2.18 bits per heavy atom.